The number of carbonyl (C=O) groups is 1. The Balaban J connectivity index is 2.08. The van der Waals surface area contributed by atoms with E-state index in [0.29, 0.717) is 6.42 Å². The first-order valence-electron chi connectivity index (χ1n) is 9.05. The van der Waals surface area contributed by atoms with Gasteiger partial charge in [0.1, 0.15) is 5.75 Å². The highest BCUT2D eigenvalue weighted by atomic mass is 16.5. The summed E-state index contributed by atoms with van der Waals surface area (Å²) in [6.07, 6.45) is 0.987. The van der Waals surface area contributed by atoms with E-state index in [1.54, 1.807) is 0 Å². The Bertz CT molecular complexity index is 706. The predicted molar refractivity (Wildman–Crippen MR) is 103 cm³/mol. The van der Waals surface area contributed by atoms with Crippen molar-refractivity contribution in [2.45, 2.75) is 59.6 Å². The maximum absolute atomic E-state index is 12.7. The van der Waals surface area contributed by atoms with E-state index in [9.17, 15) is 4.79 Å². The molecule has 0 spiro atoms. The number of rotatable bonds is 7. The highest BCUT2D eigenvalue weighted by Gasteiger charge is 2.22. The lowest BCUT2D eigenvalue weighted by Gasteiger charge is -2.23. The summed E-state index contributed by atoms with van der Waals surface area (Å²) in [5, 5.41) is 3.15. The van der Waals surface area contributed by atoms with Crippen molar-refractivity contribution in [2.24, 2.45) is 0 Å². The molecule has 2 aromatic rings. The molecule has 0 unspecified atom stereocenters. The number of aryl methyl sites for hydroxylation is 3. The van der Waals surface area contributed by atoms with Crippen LogP contribution in [0.3, 0.4) is 0 Å². The average Bonchev–Trinajstić information content (AvgIpc) is 2.61. The van der Waals surface area contributed by atoms with E-state index >= 15 is 0 Å². The van der Waals surface area contributed by atoms with Crippen LogP contribution in [0.1, 0.15) is 55.0 Å². The van der Waals surface area contributed by atoms with Crippen molar-refractivity contribution >= 4 is 5.91 Å². The van der Waals surface area contributed by atoms with Crippen molar-refractivity contribution in [1.82, 2.24) is 5.32 Å². The van der Waals surface area contributed by atoms with Gasteiger partial charge in [0.25, 0.3) is 5.91 Å². The van der Waals surface area contributed by atoms with Crippen molar-refractivity contribution in [1.29, 1.82) is 0 Å². The number of carbonyl (C=O) groups excluding carboxylic acids is 1. The number of ether oxygens (including phenoxy) is 1. The molecular formula is C22H29NO2. The average molecular weight is 339 g/mol. The van der Waals surface area contributed by atoms with Crippen LogP contribution in [0.5, 0.6) is 5.75 Å². The molecular weight excluding hydrogens is 310 g/mol. The number of hydrogen-bond donors (Lipinski definition) is 1. The molecule has 25 heavy (non-hydrogen) atoms. The second-order valence-corrected chi connectivity index (χ2v) is 6.64. The van der Waals surface area contributed by atoms with Crippen LogP contribution in [0.2, 0.25) is 0 Å². The molecule has 0 saturated heterocycles. The largest absolute Gasteiger partial charge is 0.481 e. The fraction of sp³-hybridized carbons (Fsp3) is 0.409. The molecule has 2 aromatic carbocycles. The zero-order chi connectivity index (χ0) is 18.4. The first kappa shape index (κ1) is 19.0. The molecule has 0 aliphatic heterocycles. The second kappa shape index (κ2) is 8.70. The topological polar surface area (TPSA) is 38.3 Å². The highest BCUT2D eigenvalue weighted by molar-refractivity contribution is 5.81. The molecule has 0 bridgehead atoms. The summed E-state index contributed by atoms with van der Waals surface area (Å²) in [4.78, 5) is 12.7. The third-order valence-corrected chi connectivity index (χ3v) is 4.62. The molecule has 0 aliphatic carbocycles. The van der Waals surface area contributed by atoms with Crippen LogP contribution in [0.15, 0.2) is 42.5 Å². The molecule has 0 fully saturated rings. The Labute approximate surface area is 151 Å². The van der Waals surface area contributed by atoms with Crippen LogP contribution in [-0.4, -0.2) is 12.0 Å². The van der Waals surface area contributed by atoms with Crippen LogP contribution in [-0.2, 0) is 4.79 Å². The van der Waals surface area contributed by atoms with Gasteiger partial charge in [-0.05, 0) is 62.4 Å². The van der Waals surface area contributed by atoms with E-state index in [-0.39, 0.29) is 11.9 Å². The molecule has 0 saturated carbocycles. The third kappa shape index (κ3) is 5.09. The van der Waals surface area contributed by atoms with Crippen molar-refractivity contribution in [3.05, 3.63) is 64.7 Å². The molecule has 0 heterocycles. The van der Waals surface area contributed by atoms with Gasteiger partial charge in [-0.3, -0.25) is 4.79 Å². The molecule has 2 atom stereocenters. The van der Waals surface area contributed by atoms with Crippen LogP contribution < -0.4 is 10.1 Å². The number of hydrogen-bond acceptors (Lipinski definition) is 2. The van der Waals surface area contributed by atoms with Gasteiger partial charge in [0.05, 0.1) is 6.04 Å². The van der Waals surface area contributed by atoms with Gasteiger partial charge in [-0.2, -0.15) is 0 Å². The summed E-state index contributed by atoms with van der Waals surface area (Å²) in [6, 6.07) is 14.2. The zero-order valence-electron chi connectivity index (χ0n) is 15.9. The molecule has 3 nitrogen and oxygen atoms in total. The first-order chi connectivity index (χ1) is 11.9. The molecule has 2 rings (SSSR count). The molecule has 0 aromatic heterocycles. The molecule has 134 valence electrons. The zero-order valence-corrected chi connectivity index (χ0v) is 15.9. The predicted octanol–water partition coefficient (Wildman–Crippen LogP) is 5.04. The van der Waals surface area contributed by atoms with Crippen LogP contribution in [0, 0.1) is 20.8 Å². The van der Waals surface area contributed by atoms with E-state index in [1.165, 1.54) is 16.7 Å². The number of benzene rings is 2. The van der Waals surface area contributed by atoms with E-state index < -0.39 is 6.10 Å². The van der Waals surface area contributed by atoms with Crippen LogP contribution >= 0.6 is 0 Å². The SMILES string of the molecule is CC[C@H](Oc1ccc(C)cc1)C(=O)N[C@H](CC)c1ccc(C)c(C)c1. The summed E-state index contributed by atoms with van der Waals surface area (Å²) in [6.45, 7) is 10.3. The van der Waals surface area contributed by atoms with Gasteiger partial charge in [-0.1, -0.05) is 49.7 Å². The van der Waals surface area contributed by atoms with Crippen molar-refractivity contribution in [2.75, 3.05) is 0 Å². The normalized spacial score (nSPS) is 13.2. The van der Waals surface area contributed by atoms with E-state index in [4.69, 9.17) is 4.74 Å². The maximum Gasteiger partial charge on any atom is 0.261 e. The van der Waals surface area contributed by atoms with Gasteiger partial charge in [0.2, 0.25) is 0 Å². The standard InChI is InChI=1S/C22H29NO2/c1-6-20(18-11-10-16(4)17(5)14-18)23-22(24)21(7-2)25-19-12-8-15(3)9-13-19/h8-14,20-21H,6-7H2,1-5H3,(H,23,24)/t20-,21+/m1/s1. The second-order valence-electron chi connectivity index (χ2n) is 6.64. The highest BCUT2D eigenvalue weighted by Crippen LogP contribution is 2.21. The smallest absolute Gasteiger partial charge is 0.261 e. The molecule has 0 aliphatic rings. The minimum absolute atomic E-state index is 0.00229. The number of nitrogens with one attached hydrogen (secondary N) is 1. The first-order valence-corrected chi connectivity index (χ1v) is 9.05. The summed E-state index contributed by atoms with van der Waals surface area (Å²) in [7, 11) is 0. The van der Waals surface area contributed by atoms with Gasteiger partial charge in [0.15, 0.2) is 6.10 Å². The Morgan fingerprint density at radius 1 is 0.960 bits per heavy atom. The molecule has 0 radical (unpaired) electrons. The Morgan fingerprint density at radius 3 is 2.20 bits per heavy atom. The van der Waals surface area contributed by atoms with Gasteiger partial charge >= 0.3 is 0 Å². The monoisotopic (exact) mass is 339 g/mol. The lowest BCUT2D eigenvalue weighted by molar-refractivity contribution is -0.128. The van der Waals surface area contributed by atoms with Crippen LogP contribution in [0.4, 0.5) is 0 Å². The summed E-state index contributed by atoms with van der Waals surface area (Å²) in [5.74, 6) is 0.667. The van der Waals surface area contributed by atoms with Crippen LogP contribution in [0.25, 0.3) is 0 Å². The fourth-order valence-electron chi connectivity index (χ4n) is 2.77. The Morgan fingerprint density at radius 2 is 1.64 bits per heavy atom. The summed E-state index contributed by atoms with van der Waals surface area (Å²) >= 11 is 0. The molecule has 1 N–H and O–H groups in total. The quantitative estimate of drug-likeness (QED) is 0.768. The minimum Gasteiger partial charge on any atom is -0.481 e. The van der Waals surface area contributed by atoms with E-state index in [1.807, 2.05) is 38.1 Å². The van der Waals surface area contributed by atoms with E-state index in [2.05, 4.69) is 44.3 Å². The minimum atomic E-state index is -0.483. The summed E-state index contributed by atoms with van der Waals surface area (Å²) in [5.41, 5.74) is 4.82. The summed E-state index contributed by atoms with van der Waals surface area (Å²) < 4.78 is 5.89. The Hall–Kier alpha value is -2.29. The number of amides is 1. The Kier molecular flexibility index (Phi) is 6.63. The molecule has 1 amide bonds. The van der Waals surface area contributed by atoms with Gasteiger partial charge < -0.3 is 10.1 Å². The lowest BCUT2D eigenvalue weighted by atomic mass is 9.99. The lowest BCUT2D eigenvalue weighted by Crippen LogP contribution is -2.40. The fourth-order valence-corrected chi connectivity index (χ4v) is 2.77. The van der Waals surface area contributed by atoms with Crippen molar-refractivity contribution in [3.63, 3.8) is 0 Å². The van der Waals surface area contributed by atoms with E-state index in [0.717, 1.165) is 17.7 Å². The van der Waals surface area contributed by atoms with Gasteiger partial charge in [0, 0.05) is 0 Å². The molecule has 3 heteroatoms. The van der Waals surface area contributed by atoms with Gasteiger partial charge in [-0.15, -0.1) is 0 Å². The van der Waals surface area contributed by atoms with Crippen molar-refractivity contribution in [3.8, 4) is 5.75 Å². The third-order valence-electron chi connectivity index (χ3n) is 4.62. The maximum atomic E-state index is 12.7. The van der Waals surface area contributed by atoms with Gasteiger partial charge in [-0.25, -0.2) is 0 Å². The van der Waals surface area contributed by atoms with Crippen molar-refractivity contribution < 1.29 is 9.53 Å².